The number of aromatic amines is 1. The van der Waals surface area contributed by atoms with Crippen LogP contribution in [0.3, 0.4) is 0 Å². The Morgan fingerprint density at radius 3 is 2.18 bits per heavy atom. The molecule has 220 valence electrons. The second kappa shape index (κ2) is 13.2. The van der Waals surface area contributed by atoms with E-state index in [-0.39, 0.29) is 11.5 Å². The minimum Gasteiger partial charge on any atom is -0.292 e. The molecule has 9 heteroatoms. The van der Waals surface area contributed by atoms with E-state index in [9.17, 15) is 9.59 Å². The van der Waals surface area contributed by atoms with Crippen LogP contribution in [-0.4, -0.2) is 40.8 Å². The van der Waals surface area contributed by atoms with E-state index in [0.29, 0.717) is 36.6 Å². The highest BCUT2D eigenvalue weighted by atomic mass is 16.2. The number of aryl methyl sites for hydroxylation is 1. The first kappa shape index (κ1) is 28.7. The van der Waals surface area contributed by atoms with E-state index in [1.165, 1.54) is 4.68 Å². The van der Waals surface area contributed by atoms with Crippen LogP contribution in [-0.2, 0) is 19.4 Å². The Labute approximate surface area is 255 Å². The Kier molecular flexibility index (Phi) is 8.63. The van der Waals surface area contributed by atoms with Crippen molar-refractivity contribution in [1.29, 1.82) is 0 Å². The number of H-pyrrole nitrogens is 1. The molecule has 2 heterocycles. The molecule has 6 rings (SSSR count). The van der Waals surface area contributed by atoms with Gasteiger partial charge in [0.25, 0.3) is 0 Å². The molecule has 0 bridgehead atoms. The normalized spacial score (nSPS) is 11.8. The Morgan fingerprint density at radius 1 is 0.818 bits per heavy atom. The van der Waals surface area contributed by atoms with E-state index >= 15 is 0 Å². The first-order valence-corrected chi connectivity index (χ1v) is 14.9. The number of aromatic nitrogens is 7. The van der Waals surface area contributed by atoms with Crippen molar-refractivity contribution in [2.24, 2.45) is 0 Å². The minimum absolute atomic E-state index is 0.131. The monoisotopic (exact) mass is 583 g/mol. The average Bonchev–Trinajstić information content (AvgIpc) is 3.72. The molecule has 0 amide bonds. The Bertz CT molecular complexity index is 1880. The standard InChI is InChI=1S/C35H33N7O2/c1-2-3-18-32-38-42(31(23-25-12-6-4-7-13-25)33(43)28-14-8-5-9-15-28)35(44)41(32)24-26-19-21-27(22-20-26)29-16-10-11-17-30(29)34-36-39-40-37-34/h4-17,19-22,31H,2-3,18,23-24H2,1H3,(H,36,37,39,40). The van der Waals surface area contributed by atoms with Crippen molar-refractivity contribution < 1.29 is 4.79 Å². The van der Waals surface area contributed by atoms with Crippen LogP contribution in [0, 0.1) is 0 Å². The lowest BCUT2D eigenvalue weighted by atomic mass is 9.98. The van der Waals surface area contributed by atoms with Crippen LogP contribution in [0.1, 0.15) is 53.1 Å². The van der Waals surface area contributed by atoms with E-state index < -0.39 is 6.04 Å². The van der Waals surface area contributed by atoms with Crippen molar-refractivity contribution in [3.63, 3.8) is 0 Å². The number of hydrogen-bond acceptors (Lipinski definition) is 6. The van der Waals surface area contributed by atoms with Crippen molar-refractivity contribution in [3.8, 4) is 22.5 Å². The molecule has 0 saturated carbocycles. The van der Waals surface area contributed by atoms with E-state index in [0.717, 1.165) is 40.7 Å². The molecule has 1 unspecified atom stereocenters. The van der Waals surface area contributed by atoms with Crippen molar-refractivity contribution in [2.45, 2.75) is 45.2 Å². The summed E-state index contributed by atoms with van der Waals surface area (Å²) < 4.78 is 3.12. The molecule has 0 saturated heterocycles. The highest BCUT2D eigenvalue weighted by Gasteiger charge is 2.28. The van der Waals surface area contributed by atoms with Crippen LogP contribution in [0.5, 0.6) is 0 Å². The third kappa shape index (κ3) is 6.17. The van der Waals surface area contributed by atoms with Gasteiger partial charge in [-0.05, 0) is 39.1 Å². The van der Waals surface area contributed by atoms with E-state index in [1.54, 1.807) is 16.7 Å². The highest BCUT2D eigenvalue weighted by molar-refractivity contribution is 5.99. The van der Waals surface area contributed by atoms with Gasteiger partial charge in [0.15, 0.2) is 11.6 Å². The van der Waals surface area contributed by atoms with E-state index in [4.69, 9.17) is 5.10 Å². The maximum absolute atomic E-state index is 14.1. The fourth-order valence-electron chi connectivity index (χ4n) is 5.45. The maximum Gasteiger partial charge on any atom is 0.346 e. The number of rotatable bonds is 12. The summed E-state index contributed by atoms with van der Waals surface area (Å²) in [5.74, 6) is 1.15. The lowest BCUT2D eigenvalue weighted by molar-refractivity contribution is 0.0913. The van der Waals surface area contributed by atoms with Gasteiger partial charge in [-0.15, -0.1) is 5.10 Å². The molecule has 6 aromatic rings. The van der Waals surface area contributed by atoms with Crippen LogP contribution in [0.2, 0.25) is 0 Å². The van der Waals surface area contributed by atoms with Gasteiger partial charge in [-0.25, -0.2) is 14.6 Å². The van der Waals surface area contributed by atoms with E-state index in [2.05, 4.69) is 27.5 Å². The number of tetrazole rings is 1. The Morgan fingerprint density at radius 2 is 1.50 bits per heavy atom. The summed E-state index contributed by atoms with van der Waals surface area (Å²) in [4.78, 5) is 27.9. The number of ketones is 1. The van der Waals surface area contributed by atoms with Gasteiger partial charge in [0.2, 0.25) is 0 Å². The van der Waals surface area contributed by atoms with Gasteiger partial charge >= 0.3 is 5.69 Å². The summed E-state index contributed by atoms with van der Waals surface area (Å²) in [5, 5.41) is 19.2. The number of carbonyl (C=O) groups excluding carboxylic acids is 1. The number of carbonyl (C=O) groups is 1. The van der Waals surface area contributed by atoms with Crippen LogP contribution in [0.25, 0.3) is 22.5 Å². The summed E-state index contributed by atoms with van der Waals surface area (Å²) in [6, 6.07) is 34.2. The predicted octanol–water partition coefficient (Wildman–Crippen LogP) is 5.95. The molecule has 0 fully saturated rings. The topological polar surface area (TPSA) is 111 Å². The number of hydrogen-bond donors (Lipinski definition) is 1. The van der Waals surface area contributed by atoms with Gasteiger partial charge in [0.1, 0.15) is 11.9 Å². The second-order valence-corrected chi connectivity index (χ2v) is 10.8. The third-order valence-corrected chi connectivity index (χ3v) is 7.78. The molecule has 2 aromatic heterocycles. The Balaban J connectivity index is 1.34. The van der Waals surface area contributed by atoms with Crippen molar-refractivity contribution in [1.82, 2.24) is 35.0 Å². The molecule has 1 atom stereocenters. The molecule has 44 heavy (non-hydrogen) atoms. The molecule has 1 N–H and O–H groups in total. The van der Waals surface area contributed by atoms with Gasteiger partial charge in [0.05, 0.1) is 6.54 Å². The molecule has 4 aromatic carbocycles. The van der Waals surface area contributed by atoms with Gasteiger partial charge in [-0.2, -0.15) is 5.10 Å². The summed E-state index contributed by atoms with van der Waals surface area (Å²) in [6.45, 7) is 2.46. The number of nitrogens with one attached hydrogen (secondary N) is 1. The smallest absolute Gasteiger partial charge is 0.292 e. The SMILES string of the molecule is CCCCc1nn(C(Cc2ccccc2)C(=O)c2ccccc2)c(=O)n1Cc1ccc(-c2ccccc2-c2nnn[nH]2)cc1. The van der Waals surface area contributed by atoms with Gasteiger partial charge < -0.3 is 0 Å². The molecule has 0 spiro atoms. The molecule has 0 aliphatic carbocycles. The van der Waals surface area contributed by atoms with Crippen molar-refractivity contribution in [2.75, 3.05) is 0 Å². The predicted molar refractivity (Wildman–Crippen MR) is 169 cm³/mol. The van der Waals surface area contributed by atoms with Crippen molar-refractivity contribution in [3.05, 3.63) is 142 Å². The zero-order valence-corrected chi connectivity index (χ0v) is 24.5. The summed E-state index contributed by atoms with van der Waals surface area (Å²) in [7, 11) is 0. The molecular formula is C35H33N7O2. The molecule has 0 aliphatic heterocycles. The summed E-state index contributed by atoms with van der Waals surface area (Å²) in [6.07, 6.45) is 2.87. The van der Waals surface area contributed by atoms with Crippen molar-refractivity contribution >= 4 is 5.78 Å². The second-order valence-electron chi connectivity index (χ2n) is 10.8. The van der Waals surface area contributed by atoms with E-state index in [1.807, 2.05) is 97.1 Å². The fourth-order valence-corrected chi connectivity index (χ4v) is 5.45. The quantitative estimate of drug-likeness (QED) is 0.178. The highest BCUT2D eigenvalue weighted by Crippen LogP contribution is 2.30. The number of Topliss-reactive ketones (excluding diaryl/α,β-unsaturated/α-hetero) is 1. The minimum atomic E-state index is -0.765. The summed E-state index contributed by atoms with van der Waals surface area (Å²) in [5.41, 5.74) is 5.10. The number of nitrogens with zero attached hydrogens (tertiary/aromatic N) is 6. The Hall–Kier alpha value is -5.44. The molecule has 0 aliphatic rings. The van der Waals surface area contributed by atoms with Gasteiger partial charge in [-0.3, -0.25) is 9.36 Å². The molecule has 0 radical (unpaired) electrons. The van der Waals surface area contributed by atoms with Crippen LogP contribution in [0.15, 0.2) is 114 Å². The largest absolute Gasteiger partial charge is 0.346 e. The average molecular weight is 584 g/mol. The van der Waals surface area contributed by atoms with Crippen LogP contribution < -0.4 is 5.69 Å². The lowest BCUT2D eigenvalue weighted by Gasteiger charge is -2.16. The lowest BCUT2D eigenvalue weighted by Crippen LogP contribution is -2.34. The first-order valence-electron chi connectivity index (χ1n) is 14.9. The van der Waals surface area contributed by atoms with Crippen LogP contribution >= 0.6 is 0 Å². The van der Waals surface area contributed by atoms with Crippen LogP contribution in [0.4, 0.5) is 0 Å². The first-order chi connectivity index (χ1) is 21.6. The summed E-state index contributed by atoms with van der Waals surface area (Å²) >= 11 is 0. The zero-order valence-electron chi connectivity index (χ0n) is 24.5. The maximum atomic E-state index is 14.1. The van der Waals surface area contributed by atoms with Gasteiger partial charge in [0, 0.05) is 24.0 Å². The molecular weight excluding hydrogens is 550 g/mol. The third-order valence-electron chi connectivity index (χ3n) is 7.78. The van der Waals surface area contributed by atoms with Gasteiger partial charge in [-0.1, -0.05) is 123 Å². The number of unbranched alkanes of at least 4 members (excludes halogenated alkanes) is 1. The number of benzene rings is 4. The fraction of sp³-hybridized carbons (Fsp3) is 0.200. The zero-order chi connectivity index (χ0) is 30.3. The molecule has 9 nitrogen and oxygen atoms in total.